The van der Waals surface area contributed by atoms with Gasteiger partial charge >= 0.3 is 5.97 Å². The van der Waals surface area contributed by atoms with E-state index < -0.39 is 15.8 Å². The van der Waals surface area contributed by atoms with Crippen LogP contribution in [0.1, 0.15) is 27.8 Å². The van der Waals surface area contributed by atoms with Gasteiger partial charge in [0, 0.05) is 5.56 Å². The Morgan fingerprint density at radius 3 is 2.52 bits per heavy atom. The van der Waals surface area contributed by atoms with Crippen LogP contribution in [0.2, 0.25) is 0 Å². The molecule has 1 aromatic heterocycles. The first-order chi connectivity index (χ1) is 10.8. The van der Waals surface area contributed by atoms with Crippen LogP contribution < -0.4 is 4.74 Å². The van der Waals surface area contributed by atoms with Gasteiger partial charge in [0.15, 0.2) is 21.9 Å². The van der Waals surface area contributed by atoms with E-state index >= 15 is 0 Å². The van der Waals surface area contributed by atoms with Crippen molar-refractivity contribution < 1.29 is 32.3 Å². The van der Waals surface area contributed by atoms with E-state index in [0.717, 1.165) is 6.07 Å². The molecular formula is C15H14O7S. The third-order valence-corrected chi connectivity index (χ3v) is 5.02. The van der Waals surface area contributed by atoms with E-state index in [1.54, 1.807) is 0 Å². The molecule has 0 spiro atoms. The van der Waals surface area contributed by atoms with Crippen LogP contribution in [-0.2, 0) is 9.84 Å². The normalized spacial score (nSPS) is 11.2. The molecular weight excluding hydrogens is 324 g/mol. The zero-order valence-corrected chi connectivity index (χ0v) is 13.2. The highest BCUT2D eigenvalue weighted by molar-refractivity contribution is 7.91. The monoisotopic (exact) mass is 338 g/mol. The number of aldehydes is 1. The van der Waals surface area contributed by atoms with E-state index in [9.17, 15) is 23.1 Å². The maximum atomic E-state index is 12.3. The first kappa shape index (κ1) is 16.8. The number of hydrogen-bond acceptors (Lipinski definition) is 6. The summed E-state index contributed by atoms with van der Waals surface area (Å²) < 4.78 is 34.9. The Morgan fingerprint density at radius 1 is 1.35 bits per heavy atom. The van der Waals surface area contributed by atoms with Crippen molar-refractivity contribution in [2.24, 2.45) is 0 Å². The molecule has 0 fully saturated rings. The summed E-state index contributed by atoms with van der Waals surface area (Å²) in [5.74, 6) is -1.37. The largest absolute Gasteiger partial charge is 0.496 e. The number of carbonyl (C=O) groups excluding carboxylic acids is 1. The Kier molecular flexibility index (Phi) is 4.55. The predicted octanol–water partition coefficient (Wildman–Crippen LogP) is 2.26. The molecule has 1 N–H and O–H groups in total. The zero-order chi connectivity index (χ0) is 17.2. The molecule has 8 heteroatoms. The molecule has 1 aromatic carbocycles. The lowest BCUT2D eigenvalue weighted by molar-refractivity contribution is 0.0693. The molecule has 0 amide bonds. The summed E-state index contributed by atoms with van der Waals surface area (Å²) in [6, 6.07) is 5.15. The Morgan fingerprint density at radius 2 is 2.04 bits per heavy atom. The minimum Gasteiger partial charge on any atom is -0.496 e. The van der Waals surface area contributed by atoms with Gasteiger partial charge in [0.05, 0.1) is 17.8 Å². The fourth-order valence-electron chi connectivity index (χ4n) is 2.06. The van der Waals surface area contributed by atoms with Crippen LogP contribution in [-0.4, -0.2) is 38.6 Å². The van der Waals surface area contributed by atoms with Gasteiger partial charge in [-0.25, -0.2) is 13.2 Å². The average molecular weight is 338 g/mol. The lowest BCUT2D eigenvalue weighted by Gasteiger charge is -2.12. The van der Waals surface area contributed by atoms with Gasteiger partial charge in [0.1, 0.15) is 17.1 Å². The van der Waals surface area contributed by atoms with Crippen LogP contribution in [0.15, 0.2) is 33.6 Å². The van der Waals surface area contributed by atoms with E-state index in [1.807, 2.05) is 0 Å². The Balaban J connectivity index is 2.82. The van der Waals surface area contributed by atoms with Crippen molar-refractivity contribution in [3.8, 4) is 17.1 Å². The molecule has 23 heavy (non-hydrogen) atoms. The summed E-state index contributed by atoms with van der Waals surface area (Å²) in [4.78, 5) is 21.9. The molecule has 1 heterocycles. The highest BCUT2D eigenvalue weighted by Crippen LogP contribution is 2.35. The molecule has 0 atom stereocenters. The molecule has 0 bridgehead atoms. The second-order valence-electron chi connectivity index (χ2n) is 4.58. The van der Waals surface area contributed by atoms with Gasteiger partial charge in [-0.15, -0.1) is 0 Å². The van der Waals surface area contributed by atoms with E-state index in [-0.39, 0.29) is 39.0 Å². The maximum absolute atomic E-state index is 12.3. The number of carboxylic acids is 1. The van der Waals surface area contributed by atoms with Gasteiger partial charge in [-0.1, -0.05) is 6.92 Å². The minimum absolute atomic E-state index is 0.00777. The zero-order valence-electron chi connectivity index (χ0n) is 12.4. The van der Waals surface area contributed by atoms with Gasteiger partial charge in [-0.2, -0.15) is 0 Å². The van der Waals surface area contributed by atoms with Crippen molar-refractivity contribution in [2.45, 2.75) is 11.8 Å². The summed E-state index contributed by atoms with van der Waals surface area (Å²) in [7, 11) is -2.45. The highest BCUT2D eigenvalue weighted by atomic mass is 32.2. The SMILES string of the molecule is CCS(=O)(=O)c1cc(C(=O)O)c(OC)cc1-c1ccc(C=O)o1. The lowest BCUT2D eigenvalue weighted by atomic mass is 10.1. The van der Waals surface area contributed by atoms with Crippen molar-refractivity contribution in [1.29, 1.82) is 0 Å². The number of sulfone groups is 1. The number of furan rings is 1. The van der Waals surface area contributed by atoms with Gasteiger partial charge in [-0.05, 0) is 24.3 Å². The van der Waals surface area contributed by atoms with Gasteiger partial charge in [0.25, 0.3) is 0 Å². The summed E-state index contributed by atoms with van der Waals surface area (Å²) in [6.07, 6.45) is 0.486. The van der Waals surface area contributed by atoms with Crippen molar-refractivity contribution in [3.05, 3.63) is 35.6 Å². The summed E-state index contributed by atoms with van der Waals surface area (Å²) >= 11 is 0. The minimum atomic E-state index is -3.72. The van der Waals surface area contributed by atoms with Gasteiger partial charge < -0.3 is 14.3 Å². The number of rotatable bonds is 6. The highest BCUT2D eigenvalue weighted by Gasteiger charge is 2.25. The van der Waals surface area contributed by atoms with Crippen LogP contribution in [0, 0.1) is 0 Å². The standard InChI is InChI=1S/C15H14O7S/c1-3-23(19,20)14-7-11(15(17)18)13(21-2)6-10(14)12-5-4-9(8-16)22-12/h4-8H,3H2,1-2H3,(H,17,18). The third-order valence-electron chi connectivity index (χ3n) is 3.26. The molecule has 2 aromatic rings. The quantitative estimate of drug-likeness (QED) is 0.804. The average Bonchev–Trinajstić information content (AvgIpc) is 3.02. The predicted molar refractivity (Wildman–Crippen MR) is 80.8 cm³/mol. The molecule has 0 aliphatic heterocycles. The van der Waals surface area contributed by atoms with E-state index in [4.69, 9.17) is 9.15 Å². The number of aromatic carboxylic acids is 1. The summed E-state index contributed by atoms with van der Waals surface area (Å²) in [5.41, 5.74) is -0.132. The number of hydrogen-bond donors (Lipinski definition) is 1. The molecule has 0 saturated carbocycles. The van der Waals surface area contributed by atoms with Crippen molar-refractivity contribution in [1.82, 2.24) is 0 Å². The second-order valence-corrected chi connectivity index (χ2v) is 6.82. The van der Waals surface area contributed by atoms with E-state index in [0.29, 0.717) is 6.29 Å². The van der Waals surface area contributed by atoms with Crippen LogP contribution in [0.3, 0.4) is 0 Å². The van der Waals surface area contributed by atoms with Crippen LogP contribution in [0.25, 0.3) is 11.3 Å². The van der Waals surface area contributed by atoms with Crippen molar-refractivity contribution in [2.75, 3.05) is 12.9 Å². The van der Waals surface area contributed by atoms with Crippen LogP contribution >= 0.6 is 0 Å². The first-order valence-electron chi connectivity index (χ1n) is 6.57. The fraction of sp³-hybridized carbons (Fsp3) is 0.200. The molecule has 0 aliphatic rings. The number of ether oxygens (including phenoxy) is 1. The smallest absolute Gasteiger partial charge is 0.339 e. The number of benzene rings is 1. The first-order valence-corrected chi connectivity index (χ1v) is 8.22. The molecule has 7 nitrogen and oxygen atoms in total. The Bertz CT molecular complexity index is 862. The number of carboxylic acid groups (broad SMARTS) is 1. The fourth-order valence-corrected chi connectivity index (χ4v) is 3.17. The molecule has 122 valence electrons. The number of methoxy groups -OCH3 is 1. The van der Waals surface area contributed by atoms with Crippen molar-refractivity contribution >= 4 is 22.1 Å². The van der Waals surface area contributed by atoms with Gasteiger partial charge in [-0.3, -0.25) is 4.79 Å². The topological polar surface area (TPSA) is 111 Å². The summed E-state index contributed by atoms with van der Waals surface area (Å²) in [6.45, 7) is 1.45. The van der Waals surface area contributed by atoms with E-state index in [2.05, 4.69) is 0 Å². The molecule has 0 radical (unpaired) electrons. The van der Waals surface area contributed by atoms with E-state index in [1.165, 1.54) is 32.2 Å². The maximum Gasteiger partial charge on any atom is 0.339 e. The van der Waals surface area contributed by atoms with Crippen LogP contribution in [0.5, 0.6) is 5.75 Å². The lowest BCUT2D eigenvalue weighted by Crippen LogP contribution is -2.09. The molecule has 0 saturated heterocycles. The molecule has 2 rings (SSSR count). The Labute approximate surface area is 132 Å². The second kappa shape index (κ2) is 6.25. The van der Waals surface area contributed by atoms with Gasteiger partial charge in [0.2, 0.25) is 0 Å². The summed E-state index contributed by atoms with van der Waals surface area (Å²) in [5, 5.41) is 9.22. The Hall–Kier alpha value is -2.61. The van der Waals surface area contributed by atoms with Crippen LogP contribution in [0.4, 0.5) is 0 Å². The molecule has 0 unspecified atom stereocenters. The molecule has 0 aliphatic carbocycles. The third kappa shape index (κ3) is 3.11. The number of carbonyl (C=O) groups is 2. The van der Waals surface area contributed by atoms with Crippen molar-refractivity contribution in [3.63, 3.8) is 0 Å².